The van der Waals surface area contributed by atoms with Crippen LogP contribution < -0.4 is 14.4 Å². The number of ether oxygens (including phenoxy) is 2. The summed E-state index contributed by atoms with van der Waals surface area (Å²) in [6.45, 7) is 12.5. The number of hydrogen-bond acceptors (Lipinski definition) is 4. The molecule has 2 aromatic carbocycles. The van der Waals surface area contributed by atoms with E-state index in [9.17, 15) is 9.59 Å². The van der Waals surface area contributed by atoms with Crippen LogP contribution in [0.2, 0.25) is 0 Å². The quantitative estimate of drug-likeness (QED) is 0.294. The fraction of sp³-hybridized carbons (Fsp3) is 0.448. The molecule has 184 valence electrons. The van der Waals surface area contributed by atoms with Gasteiger partial charge in [-0.15, -0.1) is 6.58 Å². The molecule has 0 spiro atoms. The largest absolute Gasteiger partial charge is 0.493 e. The molecule has 0 fully saturated rings. The van der Waals surface area contributed by atoms with Crippen molar-refractivity contribution in [2.45, 2.75) is 59.8 Å². The first-order chi connectivity index (χ1) is 16.3. The van der Waals surface area contributed by atoms with Gasteiger partial charge in [-0.2, -0.15) is 0 Å². The summed E-state index contributed by atoms with van der Waals surface area (Å²) < 4.78 is 11.1. The number of methoxy groups -OCH3 is 1. The van der Waals surface area contributed by atoms with E-state index in [1.54, 1.807) is 12.1 Å². The molecule has 0 saturated carbocycles. The minimum absolute atomic E-state index is 0.0183. The highest BCUT2D eigenvalue weighted by molar-refractivity contribution is 5.96. The molecule has 1 aliphatic heterocycles. The second-order valence-electron chi connectivity index (χ2n) is 8.75. The van der Waals surface area contributed by atoms with Gasteiger partial charge in [-0.25, -0.2) is 0 Å². The third-order valence-corrected chi connectivity index (χ3v) is 6.07. The second kappa shape index (κ2) is 13.6. The number of carbonyl (C=O) groups is 2. The second-order valence-corrected chi connectivity index (χ2v) is 8.75. The van der Waals surface area contributed by atoms with Gasteiger partial charge in [0.05, 0.1) is 20.1 Å². The van der Waals surface area contributed by atoms with E-state index in [2.05, 4.69) is 26.5 Å². The van der Waals surface area contributed by atoms with Gasteiger partial charge in [0.2, 0.25) is 5.91 Å². The van der Waals surface area contributed by atoms with Gasteiger partial charge in [0, 0.05) is 17.8 Å². The number of benzene rings is 2. The van der Waals surface area contributed by atoms with Gasteiger partial charge in [0.1, 0.15) is 0 Å². The van der Waals surface area contributed by atoms with Crippen LogP contribution in [0.5, 0.6) is 11.5 Å². The third kappa shape index (κ3) is 7.47. The Bertz CT molecular complexity index is 982. The first-order valence-electron chi connectivity index (χ1n) is 12.2. The van der Waals surface area contributed by atoms with Gasteiger partial charge >= 0.3 is 0 Å². The van der Waals surface area contributed by atoms with Crippen molar-refractivity contribution in [3.63, 3.8) is 0 Å². The summed E-state index contributed by atoms with van der Waals surface area (Å²) in [4.78, 5) is 26.0. The number of rotatable bonds is 10. The van der Waals surface area contributed by atoms with Crippen molar-refractivity contribution in [1.82, 2.24) is 0 Å². The first-order valence-corrected chi connectivity index (χ1v) is 12.2. The van der Waals surface area contributed by atoms with Crippen LogP contribution in [0.25, 0.3) is 0 Å². The molecule has 0 N–H and O–H groups in total. The number of ketones is 1. The summed E-state index contributed by atoms with van der Waals surface area (Å²) in [6, 6.07) is 11.5. The Kier molecular flexibility index (Phi) is 10.9. The molecule has 1 unspecified atom stereocenters. The average Bonchev–Trinajstić information content (AvgIpc) is 3.27. The molecule has 0 radical (unpaired) electrons. The SMILES string of the molecule is C=CC(C)CCCC.COc1cc(C(C)=O)c(C)cc1OCCC(=O)N1CCc2ccccc21. The van der Waals surface area contributed by atoms with Crippen molar-refractivity contribution in [3.05, 3.63) is 65.7 Å². The maximum atomic E-state index is 12.5. The lowest BCUT2D eigenvalue weighted by Crippen LogP contribution is -2.30. The maximum absolute atomic E-state index is 12.5. The molecule has 5 heteroatoms. The summed E-state index contributed by atoms with van der Waals surface area (Å²) >= 11 is 0. The molecule has 5 nitrogen and oxygen atoms in total. The zero-order chi connectivity index (χ0) is 25.1. The van der Waals surface area contributed by atoms with Crippen molar-refractivity contribution in [1.29, 1.82) is 0 Å². The van der Waals surface area contributed by atoms with Crippen LogP contribution in [0.3, 0.4) is 0 Å². The van der Waals surface area contributed by atoms with Crippen LogP contribution in [-0.2, 0) is 11.2 Å². The monoisotopic (exact) mass is 465 g/mol. The van der Waals surface area contributed by atoms with Gasteiger partial charge in [0.15, 0.2) is 17.3 Å². The fourth-order valence-electron chi connectivity index (χ4n) is 3.94. The van der Waals surface area contributed by atoms with E-state index in [1.165, 1.54) is 38.9 Å². The number of allylic oxidation sites excluding steroid dienone is 1. The summed E-state index contributed by atoms with van der Waals surface area (Å²) in [5.41, 5.74) is 3.64. The van der Waals surface area contributed by atoms with E-state index in [0.29, 0.717) is 23.6 Å². The molecule has 1 amide bonds. The number of unbranched alkanes of at least 4 members (excludes halogenated alkanes) is 1. The minimum atomic E-state index is -0.0183. The number of para-hydroxylation sites is 1. The Labute approximate surface area is 204 Å². The predicted molar refractivity (Wildman–Crippen MR) is 139 cm³/mol. The number of nitrogens with zero attached hydrogens (tertiary/aromatic N) is 1. The standard InChI is InChI=1S/C21H23NO4.C8H16/c1-14-12-20(19(25-3)13-17(14)15(2)23)26-11-9-21(24)22-10-8-16-6-4-5-7-18(16)22;1-4-6-7-8(3)5-2/h4-7,12-13H,8-11H2,1-3H3;5,8H,2,4,6-7H2,1,3H3. The average molecular weight is 466 g/mol. The zero-order valence-electron chi connectivity index (χ0n) is 21.4. The van der Waals surface area contributed by atoms with E-state index in [4.69, 9.17) is 9.47 Å². The fourth-order valence-corrected chi connectivity index (χ4v) is 3.94. The van der Waals surface area contributed by atoms with Gasteiger partial charge in [-0.1, -0.05) is 51.0 Å². The van der Waals surface area contributed by atoms with Crippen molar-refractivity contribution in [2.75, 3.05) is 25.2 Å². The van der Waals surface area contributed by atoms with Crippen molar-refractivity contribution >= 4 is 17.4 Å². The lowest BCUT2D eigenvalue weighted by molar-refractivity contribution is -0.119. The Balaban J connectivity index is 0.000000440. The van der Waals surface area contributed by atoms with Crippen molar-refractivity contribution < 1.29 is 19.1 Å². The highest BCUT2D eigenvalue weighted by atomic mass is 16.5. The van der Waals surface area contributed by atoms with Crippen molar-refractivity contribution in [2.24, 2.45) is 5.92 Å². The van der Waals surface area contributed by atoms with Crippen LogP contribution >= 0.6 is 0 Å². The molecule has 0 bridgehead atoms. The van der Waals surface area contributed by atoms with Crippen LogP contribution in [0.1, 0.15) is 67.9 Å². The molecule has 0 saturated heterocycles. The highest BCUT2D eigenvalue weighted by Crippen LogP contribution is 2.31. The number of hydrogen-bond donors (Lipinski definition) is 0. The van der Waals surface area contributed by atoms with E-state index < -0.39 is 0 Å². The normalized spacial score (nSPS) is 12.8. The molecular weight excluding hydrogens is 426 g/mol. The van der Waals surface area contributed by atoms with Crippen LogP contribution in [0, 0.1) is 12.8 Å². The topological polar surface area (TPSA) is 55.8 Å². The van der Waals surface area contributed by atoms with Gasteiger partial charge < -0.3 is 14.4 Å². The molecule has 0 aromatic heterocycles. The lowest BCUT2D eigenvalue weighted by Gasteiger charge is -2.18. The smallest absolute Gasteiger partial charge is 0.230 e. The van der Waals surface area contributed by atoms with Gasteiger partial charge in [-0.3, -0.25) is 9.59 Å². The van der Waals surface area contributed by atoms with Crippen LogP contribution in [0.15, 0.2) is 49.1 Å². The van der Waals surface area contributed by atoms with Crippen LogP contribution in [0.4, 0.5) is 5.69 Å². The van der Waals surface area contributed by atoms with E-state index in [0.717, 1.165) is 23.6 Å². The Morgan fingerprint density at radius 2 is 1.94 bits per heavy atom. The number of Topliss-reactive ketones (excluding diaryl/α,β-unsaturated/α-hetero) is 1. The molecule has 34 heavy (non-hydrogen) atoms. The number of amides is 1. The molecule has 1 aliphatic rings. The Morgan fingerprint density at radius 1 is 1.21 bits per heavy atom. The predicted octanol–water partition coefficient (Wildman–Crippen LogP) is 6.56. The molecule has 3 rings (SSSR count). The molecule has 0 aliphatic carbocycles. The zero-order valence-corrected chi connectivity index (χ0v) is 21.4. The molecule has 1 atom stereocenters. The number of carbonyl (C=O) groups excluding carboxylic acids is 2. The summed E-state index contributed by atoms with van der Waals surface area (Å²) in [6.07, 6.45) is 7.15. The van der Waals surface area contributed by atoms with Gasteiger partial charge in [0.25, 0.3) is 0 Å². The molecule has 1 heterocycles. The molecular formula is C29H39NO4. The number of fused-ring (bicyclic) bond motifs is 1. The Hall–Kier alpha value is -3.08. The molecule has 2 aromatic rings. The van der Waals surface area contributed by atoms with Gasteiger partial charge in [-0.05, 0) is 61.9 Å². The van der Waals surface area contributed by atoms with E-state index in [1.807, 2.05) is 36.1 Å². The summed E-state index contributed by atoms with van der Waals surface area (Å²) in [5, 5.41) is 0. The van der Waals surface area contributed by atoms with Crippen LogP contribution in [-0.4, -0.2) is 32.0 Å². The lowest BCUT2D eigenvalue weighted by atomic mass is 10.0. The summed E-state index contributed by atoms with van der Waals surface area (Å²) in [5.74, 6) is 1.79. The van der Waals surface area contributed by atoms with E-state index >= 15 is 0 Å². The summed E-state index contributed by atoms with van der Waals surface area (Å²) in [7, 11) is 1.54. The Morgan fingerprint density at radius 3 is 2.59 bits per heavy atom. The third-order valence-electron chi connectivity index (χ3n) is 6.07. The maximum Gasteiger partial charge on any atom is 0.230 e. The van der Waals surface area contributed by atoms with Crippen molar-refractivity contribution in [3.8, 4) is 11.5 Å². The number of aryl methyl sites for hydroxylation is 1. The number of anilines is 1. The van der Waals surface area contributed by atoms with E-state index in [-0.39, 0.29) is 24.7 Å². The minimum Gasteiger partial charge on any atom is -0.493 e. The first kappa shape index (κ1) is 27.2. The highest BCUT2D eigenvalue weighted by Gasteiger charge is 2.24.